The Balaban J connectivity index is 2.02. The second-order valence-electron chi connectivity index (χ2n) is 5.22. The quantitative estimate of drug-likeness (QED) is 0.771. The molecule has 0 fully saturated rings. The molecule has 2 N–H and O–H groups in total. The van der Waals surface area contributed by atoms with Crippen molar-refractivity contribution in [3.63, 3.8) is 0 Å². The third-order valence-electron chi connectivity index (χ3n) is 3.76. The number of phenolic OH excluding ortho intramolecular Hbond substituents is 1. The molecule has 112 valence electrons. The van der Waals surface area contributed by atoms with Gasteiger partial charge in [0.15, 0.2) is 0 Å². The van der Waals surface area contributed by atoms with Crippen LogP contribution in [-0.4, -0.2) is 22.4 Å². The molecule has 0 amide bonds. The first-order valence-electron chi connectivity index (χ1n) is 7.14. The normalized spacial score (nSPS) is 10.6. The number of aryl methyl sites for hydroxylation is 1. The van der Waals surface area contributed by atoms with E-state index in [4.69, 9.17) is 4.74 Å². The van der Waals surface area contributed by atoms with Gasteiger partial charge in [-0.15, -0.1) is 0 Å². The van der Waals surface area contributed by atoms with Gasteiger partial charge < -0.3 is 9.84 Å². The summed E-state index contributed by atoms with van der Waals surface area (Å²) in [6, 6.07) is 15.5. The van der Waals surface area contributed by atoms with Gasteiger partial charge in [0.05, 0.1) is 12.8 Å². The predicted molar refractivity (Wildman–Crippen MR) is 86.2 cm³/mol. The number of H-pyrrole nitrogens is 1. The summed E-state index contributed by atoms with van der Waals surface area (Å²) in [6.45, 7) is 2.00. The van der Waals surface area contributed by atoms with Crippen molar-refractivity contribution in [1.82, 2.24) is 10.2 Å². The number of methoxy groups -OCH3 is 1. The highest BCUT2D eigenvalue weighted by Gasteiger charge is 2.16. The molecule has 0 spiro atoms. The van der Waals surface area contributed by atoms with E-state index in [0.29, 0.717) is 11.3 Å². The molecule has 0 aliphatic carbocycles. The van der Waals surface area contributed by atoms with Crippen LogP contribution >= 0.6 is 0 Å². The molecule has 4 nitrogen and oxygen atoms in total. The number of aromatic amines is 1. The van der Waals surface area contributed by atoms with Crippen LogP contribution < -0.4 is 4.74 Å². The topological polar surface area (TPSA) is 58.1 Å². The Bertz CT molecular complexity index is 779. The molecule has 0 saturated carbocycles. The summed E-state index contributed by atoms with van der Waals surface area (Å²) in [5.74, 6) is 0.790. The summed E-state index contributed by atoms with van der Waals surface area (Å²) in [5, 5.41) is 17.6. The van der Waals surface area contributed by atoms with E-state index in [9.17, 15) is 5.11 Å². The molecule has 4 heteroatoms. The van der Waals surface area contributed by atoms with Crippen LogP contribution in [0.5, 0.6) is 11.5 Å². The number of hydrogen-bond donors (Lipinski definition) is 2. The monoisotopic (exact) mass is 294 g/mol. The van der Waals surface area contributed by atoms with Crippen molar-refractivity contribution in [3.05, 3.63) is 65.4 Å². The maximum Gasteiger partial charge on any atom is 0.128 e. The van der Waals surface area contributed by atoms with Crippen molar-refractivity contribution >= 4 is 0 Å². The molecule has 3 rings (SSSR count). The van der Waals surface area contributed by atoms with E-state index in [0.717, 1.165) is 23.4 Å². The second-order valence-corrected chi connectivity index (χ2v) is 5.22. The molecule has 2 aromatic carbocycles. The van der Waals surface area contributed by atoms with Gasteiger partial charge in [0.25, 0.3) is 0 Å². The van der Waals surface area contributed by atoms with Gasteiger partial charge in [-0.05, 0) is 24.6 Å². The molecule has 1 heterocycles. The molecule has 3 aromatic rings. The average molecular weight is 294 g/mol. The van der Waals surface area contributed by atoms with Gasteiger partial charge in [0.1, 0.15) is 11.5 Å². The first kappa shape index (κ1) is 14.2. The Kier molecular flexibility index (Phi) is 3.83. The van der Waals surface area contributed by atoms with Crippen LogP contribution in [0.4, 0.5) is 0 Å². The fourth-order valence-electron chi connectivity index (χ4n) is 2.53. The highest BCUT2D eigenvalue weighted by Crippen LogP contribution is 2.34. The van der Waals surface area contributed by atoms with Gasteiger partial charge in [-0.3, -0.25) is 5.10 Å². The van der Waals surface area contributed by atoms with E-state index in [-0.39, 0.29) is 5.75 Å². The lowest BCUT2D eigenvalue weighted by Crippen LogP contribution is -1.92. The standard InChI is InChI=1S/C18H18N2O2/c1-12-16(10-13-6-4-3-5-7-13)18(20-19-12)15-9-8-14(22-2)11-17(15)21/h3-9,11,21H,10H2,1-2H3,(H,19,20). The molecule has 0 saturated heterocycles. The number of hydrogen-bond acceptors (Lipinski definition) is 3. The molecule has 22 heavy (non-hydrogen) atoms. The van der Waals surface area contributed by atoms with Crippen LogP contribution in [0.3, 0.4) is 0 Å². The Hall–Kier alpha value is -2.75. The number of aromatic hydroxyl groups is 1. The molecule has 0 aliphatic rings. The number of ether oxygens (including phenoxy) is 1. The summed E-state index contributed by atoms with van der Waals surface area (Å²) >= 11 is 0. The lowest BCUT2D eigenvalue weighted by molar-refractivity contribution is 0.408. The predicted octanol–water partition coefficient (Wildman–Crippen LogP) is 3.69. The van der Waals surface area contributed by atoms with E-state index in [1.807, 2.05) is 37.3 Å². The van der Waals surface area contributed by atoms with Crippen LogP contribution in [0.1, 0.15) is 16.8 Å². The third-order valence-corrected chi connectivity index (χ3v) is 3.76. The number of phenols is 1. The Morgan fingerprint density at radius 1 is 1.14 bits per heavy atom. The summed E-state index contributed by atoms with van der Waals surface area (Å²) < 4.78 is 5.13. The minimum Gasteiger partial charge on any atom is -0.507 e. The third kappa shape index (κ3) is 2.68. The Morgan fingerprint density at radius 2 is 1.91 bits per heavy atom. The van der Waals surface area contributed by atoms with Crippen LogP contribution in [0.25, 0.3) is 11.3 Å². The molecule has 0 bridgehead atoms. The maximum atomic E-state index is 10.2. The molecule has 1 aromatic heterocycles. The lowest BCUT2D eigenvalue weighted by atomic mass is 9.99. The average Bonchev–Trinajstić information content (AvgIpc) is 2.89. The van der Waals surface area contributed by atoms with Gasteiger partial charge in [0, 0.05) is 29.3 Å². The molecular weight excluding hydrogens is 276 g/mol. The first-order valence-corrected chi connectivity index (χ1v) is 7.14. The Morgan fingerprint density at radius 3 is 2.59 bits per heavy atom. The van der Waals surface area contributed by atoms with Crippen LogP contribution in [0.15, 0.2) is 48.5 Å². The number of aromatic nitrogens is 2. The zero-order valence-electron chi connectivity index (χ0n) is 12.6. The van der Waals surface area contributed by atoms with Crippen LogP contribution in [-0.2, 0) is 6.42 Å². The number of rotatable bonds is 4. The summed E-state index contributed by atoms with van der Waals surface area (Å²) in [5.41, 5.74) is 4.79. The minimum absolute atomic E-state index is 0.167. The van der Waals surface area contributed by atoms with Gasteiger partial charge >= 0.3 is 0 Å². The fourth-order valence-corrected chi connectivity index (χ4v) is 2.53. The summed E-state index contributed by atoms with van der Waals surface area (Å²) in [7, 11) is 1.58. The van der Waals surface area contributed by atoms with Crippen LogP contribution in [0.2, 0.25) is 0 Å². The Labute approximate surface area is 129 Å². The number of benzene rings is 2. The largest absolute Gasteiger partial charge is 0.507 e. The molecule has 0 atom stereocenters. The molecule has 0 unspecified atom stereocenters. The van der Waals surface area contributed by atoms with Crippen LogP contribution in [0, 0.1) is 6.92 Å². The van der Waals surface area contributed by atoms with E-state index >= 15 is 0 Å². The van der Waals surface area contributed by atoms with Crippen molar-refractivity contribution < 1.29 is 9.84 Å². The highest BCUT2D eigenvalue weighted by molar-refractivity contribution is 5.71. The van der Waals surface area contributed by atoms with Crippen molar-refractivity contribution in [2.45, 2.75) is 13.3 Å². The lowest BCUT2D eigenvalue weighted by Gasteiger charge is -2.08. The van der Waals surface area contributed by atoms with Gasteiger partial charge in [0.2, 0.25) is 0 Å². The van der Waals surface area contributed by atoms with Crippen molar-refractivity contribution in [2.24, 2.45) is 0 Å². The first-order chi connectivity index (χ1) is 10.7. The van der Waals surface area contributed by atoms with Gasteiger partial charge in [-0.1, -0.05) is 30.3 Å². The number of nitrogens with one attached hydrogen (secondary N) is 1. The van der Waals surface area contributed by atoms with Crippen molar-refractivity contribution in [3.8, 4) is 22.8 Å². The molecule has 0 aliphatic heterocycles. The van der Waals surface area contributed by atoms with E-state index in [2.05, 4.69) is 22.3 Å². The zero-order valence-corrected chi connectivity index (χ0v) is 12.6. The van der Waals surface area contributed by atoms with E-state index < -0.39 is 0 Å². The highest BCUT2D eigenvalue weighted by atomic mass is 16.5. The SMILES string of the molecule is COc1ccc(-c2n[nH]c(C)c2Cc2ccccc2)c(O)c1. The number of nitrogens with zero attached hydrogens (tertiary/aromatic N) is 1. The van der Waals surface area contributed by atoms with E-state index in [1.54, 1.807) is 13.2 Å². The van der Waals surface area contributed by atoms with Gasteiger partial charge in [-0.25, -0.2) is 0 Å². The van der Waals surface area contributed by atoms with Gasteiger partial charge in [-0.2, -0.15) is 5.10 Å². The smallest absolute Gasteiger partial charge is 0.128 e. The zero-order chi connectivity index (χ0) is 15.5. The van der Waals surface area contributed by atoms with Crippen molar-refractivity contribution in [2.75, 3.05) is 7.11 Å². The second kappa shape index (κ2) is 5.93. The maximum absolute atomic E-state index is 10.2. The fraction of sp³-hybridized carbons (Fsp3) is 0.167. The van der Waals surface area contributed by atoms with Crippen molar-refractivity contribution in [1.29, 1.82) is 0 Å². The molecule has 0 radical (unpaired) electrons. The summed E-state index contributed by atoms with van der Waals surface area (Å²) in [6.07, 6.45) is 0.768. The van der Waals surface area contributed by atoms with E-state index in [1.165, 1.54) is 5.56 Å². The summed E-state index contributed by atoms with van der Waals surface area (Å²) in [4.78, 5) is 0. The minimum atomic E-state index is 0.167. The molecular formula is C18H18N2O2.